The number of benzene rings is 2. The van der Waals surface area contributed by atoms with Crippen LogP contribution in [0.1, 0.15) is 24.2 Å². The van der Waals surface area contributed by atoms with Crippen molar-refractivity contribution in [3.63, 3.8) is 0 Å². The molecule has 2 aromatic rings. The maximum Gasteiger partial charge on any atom is 0.133 e. The maximum absolute atomic E-state index is 10.4. The molecule has 2 rings (SSSR count). The van der Waals surface area contributed by atoms with Crippen molar-refractivity contribution in [3.8, 4) is 11.5 Å². The number of para-hydroxylation sites is 1. The van der Waals surface area contributed by atoms with Crippen LogP contribution < -0.4 is 9.47 Å². The number of ether oxygens (including phenoxy) is 2. The Hall–Kier alpha value is -1.52. The van der Waals surface area contributed by atoms with Gasteiger partial charge < -0.3 is 14.6 Å². The predicted octanol–water partition coefficient (Wildman–Crippen LogP) is 4.13. The van der Waals surface area contributed by atoms with Crippen LogP contribution in [0.15, 0.2) is 46.9 Å². The quantitative estimate of drug-likeness (QED) is 0.850. The smallest absolute Gasteiger partial charge is 0.133 e. The fraction of sp³-hybridized carbons (Fsp3) is 0.294. The van der Waals surface area contributed by atoms with E-state index in [-0.39, 0.29) is 0 Å². The summed E-state index contributed by atoms with van der Waals surface area (Å²) in [7, 11) is 1.64. The van der Waals surface area contributed by atoms with Crippen molar-refractivity contribution in [2.24, 2.45) is 0 Å². The van der Waals surface area contributed by atoms with Crippen LogP contribution in [-0.4, -0.2) is 18.8 Å². The highest BCUT2D eigenvalue weighted by Crippen LogP contribution is 2.31. The van der Waals surface area contributed by atoms with Gasteiger partial charge >= 0.3 is 0 Å². The first-order valence-corrected chi connectivity index (χ1v) is 7.67. The Bertz CT molecular complexity index is 598. The summed E-state index contributed by atoms with van der Waals surface area (Å²) in [4.78, 5) is 0. The summed E-state index contributed by atoms with van der Waals surface area (Å²) in [5, 5.41) is 10.4. The van der Waals surface area contributed by atoms with Gasteiger partial charge in [-0.25, -0.2) is 0 Å². The van der Waals surface area contributed by atoms with E-state index in [1.807, 2.05) is 49.4 Å². The molecule has 2 aromatic carbocycles. The van der Waals surface area contributed by atoms with Gasteiger partial charge in [-0.1, -0.05) is 24.3 Å². The van der Waals surface area contributed by atoms with Gasteiger partial charge in [0.25, 0.3) is 0 Å². The Morgan fingerprint density at radius 2 is 1.90 bits per heavy atom. The molecule has 0 aromatic heterocycles. The Balaban J connectivity index is 2.16. The molecule has 1 atom stereocenters. The molecule has 0 saturated heterocycles. The van der Waals surface area contributed by atoms with Crippen LogP contribution in [0.25, 0.3) is 0 Å². The highest BCUT2D eigenvalue weighted by Gasteiger charge is 2.13. The van der Waals surface area contributed by atoms with Gasteiger partial charge in [-0.2, -0.15) is 0 Å². The molecule has 0 saturated carbocycles. The lowest BCUT2D eigenvalue weighted by Gasteiger charge is -2.15. The summed E-state index contributed by atoms with van der Waals surface area (Å²) >= 11 is 3.47. The van der Waals surface area contributed by atoms with Gasteiger partial charge in [-0.15, -0.1) is 0 Å². The average Bonchev–Trinajstić information content (AvgIpc) is 2.50. The summed E-state index contributed by atoms with van der Waals surface area (Å²) in [6, 6.07) is 13.4. The highest BCUT2D eigenvalue weighted by atomic mass is 79.9. The molecule has 0 heterocycles. The molecule has 3 nitrogen and oxygen atoms in total. The van der Waals surface area contributed by atoms with Crippen LogP contribution >= 0.6 is 15.9 Å². The molecule has 0 spiro atoms. The van der Waals surface area contributed by atoms with E-state index < -0.39 is 6.10 Å². The third-order valence-corrected chi connectivity index (χ3v) is 3.87. The van der Waals surface area contributed by atoms with Crippen molar-refractivity contribution in [1.29, 1.82) is 0 Å². The SMILES string of the molecule is CCOc1ccc(C(O)Cc2ccccc2OC)cc1Br. The summed E-state index contributed by atoms with van der Waals surface area (Å²) in [5.41, 5.74) is 1.83. The first kappa shape index (κ1) is 15.9. The fourth-order valence-corrected chi connectivity index (χ4v) is 2.71. The van der Waals surface area contributed by atoms with Crippen LogP contribution in [0.3, 0.4) is 0 Å². The molecule has 1 N–H and O–H groups in total. The van der Waals surface area contributed by atoms with Gasteiger partial charge in [0, 0.05) is 6.42 Å². The first-order valence-electron chi connectivity index (χ1n) is 6.88. The lowest BCUT2D eigenvalue weighted by atomic mass is 10.0. The van der Waals surface area contributed by atoms with Crippen LogP contribution in [0, 0.1) is 0 Å². The Morgan fingerprint density at radius 3 is 2.57 bits per heavy atom. The van der Waals surface area contributed by atoms with Crippen LogP contribution in [0.4, 0.5) is 0 Å². The molecule has 0 aliphatic rings. The molecule has 0 aliphatic heterocycles. The number of aliphatic hydroxyl groups excluding tert-OH is 1. The van der Waals surface area contributed by atoms with E-state index >= 15 is 0 Å². The van der Waals surface area contributed by atoms with E-state index in [1.165, 1.54) is 0 Å². The average molecular weight is 351 g/mol. The second kappa shape index (κ2) is 7.48. The number of aliphatic hydroxyl groups is 1. The topological polar surface area (TPSA) is 38.7 Å². The van der Waals surface area contributed by atoms with E-state index in [1.54, 1.807) is 7.11 Å². The third kappa shape index (κ3) is 3.99. The van der Waals surface area contributed by atoms with E-state index in [4.69, 9.17) is 9.47 Å². The van der Waals surface area contributed by atoms with Gasteiger partial charge in [-0.3, -0.25) is 0 Å². The van der Waals surface area contributed by atoms with Crippen molar-refractivity contribution < 1.29 is 14.6 Å². The second-order valence-corrected chi connectivity index (χ2v) is 5.51. The standard InChI is InChI=1S/C17H19BrO3/c1-3-21-17-9-8-12(10-14(17)18)15(19)11-13-6-4-5-7-16(13)20-2/h4-10,15,19H,3,11H2,1-2H3. The van der Waals surface area contributed by atoms with Crippen molar-refractivity contribution in [2.45, 2.75) is 19.4 Å². The largest absolute Gasteiger partial charge is 0.496 e. The minimum atomic E-state index is -0.590. The van der Waals surface area contributed by atoms with Crippen molar-refractivity contribution in [3.05, 3.63) is 58.1 Å². The normalized spacial score (nSPS) is 12.0. The molecular weight excluding hydrogens is 332 g/mol. The van der Waals surface area contributed by atoms with Gasteiger partial charge in [-0.05, 0) is 52.2 Å². The van der Waals surface area contributed by atoms with Crippen molar-refractivity contribution in [1.82, 2.24) is 0 Å². The van der Waals surface area contributed by atoms with Gasteiger partial charge in [0.2, 0.25) is 0 Å². The molecule has 0 fully saturated rings. The van der Waals surface area contributed by atoms with Crippen molar-refractivity contribution >= 4 is 15.9 Å². The Kier molecular flexibility index (Phi) is 5.65. The van der Waals surface area contributed by atoms with Gasteiger partial charge in [0.1, 0.15) is 11.5 Å². The third-order valence-electron chi connectivity index (χ3n) is 3.25. The number of halogens is 1. The summed E-state index contributed by atoms with van der Waals surface area (Å²) in [5.74, 6) is 1.58. The first-order chi connectivity index (χ1) is 10.2. The number of rotatable bonds is 6. The monoisotopic (exact) mass is 350 g/mol. The van der Waals surface area contributed by atoms with Gasteiger partial charge in [0.05, 0.1) is 24.3 Å². The van der Waals surface area contributed by atoms with Crippen LogP contribution in [-0.2, 0) is 6.42 Å². The lowest BCUT2D eigenvalue weighted by molar-refractivity contribution is 0.177. The van der Waals surface area contributed by atoms with Gasteiger partial charge in [0.15, 0.2) is 0 Å². The summed E-state index contributed by atoms with van der Waals surface area (Å²) in [6.07, 6.45) is -0.0852. The van der Waals surface area contributed by atoms with E-state index in [9.17, 15) is 5.11 Å². The summed E-state index contributed by atoms with van der Waals surface area (Å²) < 4.78 is 11.6. The maximum atomic E-state index is 10.4. The van der Waals surface area contributed by atoms with E-state index in [0.717, 1.165) is 27.1 Å². The molecule has 112 valence electrons. The molecule has 1 unspecified atom stereocenters. The Labute approximate surface area is 133 Å². The lowest BCUT2D eigenvalue weighted by Crippen LogP contribution is -2.04. The zero-order valence-electron chi connectivity index (χ0n) is 12.2. The molecule has 0 radical (unpaired) electrons. The zero-order valence-corrected chi connectivity index (χ0v) is 13.8. The second-order valence-electron chi connectivity index (χ2n) is 4.65. The zero-order chi connectivity index (χ0) is 15.2. The molecule has 4 heteroatoms. The molecule has 0 bridgehead atoms. The summed E-state index contributed by atoms with van der Waals surface area (Å²) in [6.45, 7) is 2.55. The number of hydrogen-bond donors (Lipinski definition) is 1. The van der Waals surface area contributed by atoms with Crippen LogP contribution in [0.2, 0.25) is 0 Å². The fourth-order valence-electron chi connectivity index (χ4n) is 2.19. The molecule has 21 heavy (non-hydrogen) atoms. The molecule has 0 amide bonds. The molecular formula is C17H19BrO3. The number of methoxy groups -OCH3 is 1. The predicted molar refractivity (Wildman–Crippen MR) is 87.0 cm³/mol. The highest BCUT2D eigenvalue weighted by molar-refractivity contribution is 9.10. The van der Waals surface area contributed by atoms with E-state index in [0.29, 0.717) is 13.0 Å². The molecule has 0 aliphatic carbocycles. The van der Waals surface area contributed by atoms with Crippen LogP contribution in [0.5, 0.6) is 11.5 Å². The minimum Gasteiger partial charge on any atom is -0.496 e. The van der Waals surface area contributed by atoms with E-state index in [2.05, 4.69) is 15.9 Å². The number of hydrogen-bond acceptors (Lipinski definition) is 3. The minimum absolute atomic E-state index is 0.504. The van der Waals surface area contributed by atoms with Crippen molar-refractivity contribution in [2.75, 3.05) is 13.7 Å². The Morgan fingerprint density at radius 1 is 1.14 bits per heavy atom.